The van der Waals surface area contributed by atoms with Crippen LogP contribution in [0.3, 0.4) is 0 Å². The fourth-order valence-electron chi connectivity index (χ4n) is 10.1. The highest BCUT2D eigenvalue weighted by molar-refractivity contribution is 6.62. The van der Waals surface area contributed by atoms with Gasteiger partial charge in [0, 0.05) is 76.0 Å². The van der Waals surface area contributed by atoms with Crippen LogP contribution in [0.5, 0.6) is 0 Å². The zero-order valence-corrected chi connectivity index (χ0v) is 67.8. The Morgan fingerprint density at radius 3 is 1.39 bits per heavy atom. The molecule has 1 saturated carbocycles. The lowest BCUT2D eigenvalue weighted by Crippen LogP contribution is -2.56. The van der Waals surface area contributed by atoms with Crippen molar-refractivity contribution in [2.75, 3.05) is 46.6 Å². The zero-order valence-electron chi connectivity index (χ0n) is 67.8. The predicted octanol–water partition coefficient (Wildman–Crippen LogP) is 6.81. The Hall–Kier alpha value is -4.01. The van der Waals surface area contributed by atoms with Gasteiger partial charge in [-0.25, -0.2) is 4.79 Å². The van der Waals surface area contributed by atoms with Crippen LogP contribution in [0, 0.1) is 11.3 Å². The number of nitrogens with zero attached hydrogens (tertiary/aromatic N) is 4. The van der Waals surface area contributed by atoms with Crippen LogP contribution in [0.2, 0.25) is 30.6 Å². The molecule has 7 N–H and O–H groups in total. The normalized spacial score (nSPS) is 23.8. The molecular formula is C67H124B8N7O22-. The molecule has 1 aliphatic carbocycles. The minimum atomic E-state index is -1.43. The molecule has 8 aliphatic heterocycles. The van der Waals surface area contributed by atoms with Crippen LogP contribution in [0.15, 0.2) is 36.2 Å². The van der Waals surface area contributed by atoms with Gasteiger partial charge in [0.2, 0.25) is 0 Å². The molecule has 584 valence electrons. The van der Waals surface area contributed by atoms with Crippen molar-refractivity contribution in [1.29, 1.82) is 5.26 Å². The van der Waals surface area contributed by atoms with Gasteiger partial charge >= 0.3 is 63.0 Å². The standard InChI is InChI=1S/C13H26BNO4.C11H19BO3.C10H18BNO4.C9H15BN2O2.C9H16BNO2.C9H19BO3.C3H5BN2O2.C3H7BO2/c1-11(2,3)17-10(16)15-9-8-14-18-12(4,5)13(6,7)19-14;1-10(2)11(3,4)15-12(14-10)9-5-7-13-8-6-9;1-9(2)10(3,4)16-11(15-9)7-5-12(6-7)8(13)14;1-8(2)9(3,4)14-10(13-8)7-5-11-12-6-7;1-8(2)9(3,4)13-10(12-8)6-5-7-11;1-8(2)9(3,4)13-10(12-8)6-7-11-5;7-4(8)3-1-2-5-6-3;5-4(6)3-1-2-3/h8-9H2,1-7H3,(H,15,16);5H,6-8H2,1-4H3;7H,5-6H2,1-4H3,(H,13,14);5-6H,1-4H3,(H,11,12);5-6H2,1-4H3;6-7H2,1-5H3;1-2,7-8H,(H,5,6);3,5-6H,1-2H2/p-1. The molecule has 0 aromatic carbocycles. The maximum atomic E-state index is 11.5. The highest BCUT2D eigenvalue weighted by Gasteiger charge is 2.58. The average Bonchev–Trinajstić information content (AvgIpc) is 1.61. The third kappa shape index (κ3) is 26.6. The number of hydrogen-bond donors (Lipinski definition) is 7. The number of carbonyl (C=O) groups is 2. The van der Waals surface area contributed by atoms with Crippen LogP contribution in [0.4, 0.5) is 9.59 Å². The Labute approximate surface area is 623 Å². The van der Waals surface area contributed by atoms with E-state index in [2.05, 4.69) is 93.2 Å². The van der Waals surface area contributed by atoms with E-state index >= 15 is 0 Å². The highest BCUT2D eigenvalue weighted by atomic mass is 16.7. The van der Waals surface area contributed by atoms with Crippen molar-refractivity contribution < 1.29 is 105 Å². The number of amides is 2. The second-order valence-corrected chi connectivity index (χ2v) is 34.3. The maximum Gasteiger partial charge on any atom is 0.507 e. The molecule has 8 fully saturated rings. The largest absolute Gasteiger partial charge is 0.530 e. The Balaban J connectivity index is 0.000000255. The smallest absolute Gasteiger partial charge is 0.507 e. The minimum absolute atomic E-state index is 0.120. The maximum absolute atomic E-state index is 11.5. The number of nitrogens with one attached hydrogen (secondary N) is 3. The van der Waals surface area contributed by atoms with Crippen molar-refractivity contribution >= 4 is 80.2 Å². The molecule has 2 aromatic heterocycles. The third-order valence-electron chi connectivity index (χ3n) is 21.3. The number of hydrogen-bond acceptors (Lipinski definition) is 25. The zero-order chi connectivity index (χ0) is 79.3. The third-order valence-corrected chi connectivity index (χ3v) is 21.3. The fraction of sp³-hybridized carbons (Fsp3) is 0.836. The van der Waals surface area contributed by atoms with E-state index in [0.717, 1.165) is 37.7 Å². The summed E-state index contributed by atoms with van der Waals surface area (Å²) in [6.07, 6.45) is 11.0. The van der Waals surface area contributed by atoms with E-state index in [0.29, 0.717) is 57.5 Å². The van der Waals surface area contributed by atoms with Gasteiger partial charge in [-0.2, -0.15) is 15.5 Å². The molecule has 0 atom stereocenters. The average molecular weight is 1470 g/mol. The van der Waals surface area contributed by atoms with Gasteiger partial charge in [0.1, 0.15) is 11.7 Å². The fourth-order valence-corrected chi connectivity index (χ4v) is 10.1. The van der Waals surface area contributed by atoms with Crippen molar-refractivity contribution in [2.45, 2.75) is 316 Å². The van der Waals surface area contributed by atoms with Crippen LogP contribution < -0.4 is 21.5 Å². The van der Waals surface area contributed by atoms with E-state index in [-0.39, 0.29) is 122 Å². The molecule has 29 nitrogen and oxygen atoms in total. The number of rotatable bonds is 13. The quantitative estimate of drug-likeness (QED) is 0.101. The molecule has 0 spiro atoms. The molecule has 2 amide bonds. The van der Waals surface area contributed by atoms with Gasteiger partial charge in [-0.3, -0.25) is 10.2 Å². The summed E-state index contributed by atoms with van der Waals surface area (Å²) in [7, 11) is -2.21. The van der Waals surface area contributed by atoms with Crippen LogP contribution in [0.1, 0.15) is 213 Å². The van der Waals surface area contributed by atoms with Crippen molar-refractivity contribution in [3.05, 3.63) is 36.2 Å². The highest BCUT2D eigenvalue weighted by Crippen LogP contribution is 2.45. The summed E-state index contributed by atoms with van der Waals surface area (Å²) < 4.78 is 85.2. The Morgan fingerprint density at radius 1 is 0.644 bits per heavy atom. The summed E-state index contributed by atoms with van der Waals surface area (Å²) in [5.41, 5.74) is -1.39. The van der Waals surface area contributed by atoms with Gasteiger partial charge in [0.15, 0.2) is 0 Å². The number of nitriles is 1. The first kappa shape index (κ1) is 92.4. The van der Waals surface area contributed by atoms with Gasteiger partial charge in [-0.05, 0) is 223 Å². The van der Waals surface area contributed by atoms with Gasteiger partial charge in [0.25, 0.3) is 0 Å². The Kier molecular flexibility index (Phi) is 32.6. The molecule has 7 saturated heterocycles. The number of carbonyl (C=O) groups excluding carboxylic acids is 2. The molecule has 0 radical (unpaired) electrons. The van der Waals surface area contributed by atoms with Crippen LogP contribution in [-0.2, 0) is 70.1 Å². The van der Waals surface area contributed by atoms with E-state index in [9.17, 15) is 14.7 Å². The number of alkyl carbamates (subject to hydrolysis) is 1. The van der Waals surface area contributed by atoms with E-state index in [4.69, 9.17) is 95.4 Å². The van der Waals surface area contributed by atoms with E-state index in [1.807, 2.05) is 132 Å². The van der Waals surface area contributed by atoms with E-state index in [1.165, 1.54) is 22.6 Å². The summed E-state index contributed by atoms with van der Waals surface area (Å²) >= 11 is 0. The number of aromatic amines is 2. The van der Waals surface area contributed by atoms with Crippen molar-refractivity contribution in [3.8, 4) is 6.07 Å². The Bertz CT molecular complexity index is 2930. The number of aromatic nitrogens is 4. The molecule has 11 rings (SSSR count). The second kappa shape index (κ2) is 36.7. The van der Waals surface area contributed by atoms with Gasteiger partial charge < -0.3 is 110 Å². The Morgan fingerprint density at radius 2 is 1.07 bits per heavy atom. The summed E-state index contributed by atoms with van der Waals surface area (Å²) in [5, 5.41) is 67.5. The van der Waals surface area contributed by atoms with Crippen molar-refractivity contribution in [2.24, 2.45) is 0 Å². The van der Waals surface area contributed by atoms with Crippen molar-refractivity contribution in [1.82, 2.24) is 30.6 Å². The number of likely N-dealkylation sites (tertiary alicyclic amines) is 1. The van der Waals surface area contributed by atoms with Crippen LogP contribution >= 0.6 is 0 Å². The van der Waals surface area contributed by atoms with E-state index < -0.39 is 32.0 Å². The van der Waals surface area contributed by atoms with Crippen LogP contribution in [0.25, 0.3) is 0 Å². The van der Waals surface area contributed by atoms with Crippen LogP contribution in [-0.4, -0.2) is 234 Å². The predicted molar refractivity (Wildman–Crippen MR) is 401 cm³/mol. The summed E-state index contributed by atoms with van der Waals surface area (Å²) in [6.45, 7) is 57.7. The molecule has 0 unspecified atom stereocenters. The molecule has 104 heavy (non-hydrogen) atoms. The molecule has 10 heterocycles. The number of methoxy groups -OCH3 is 1. The lowest BCUT2D eigenvalue weighted by Gasteiger charge is -2.41. The van der Waals surface area contributed by atoms with Gasteiger partial charge in [-0.1, -0.05) is 18.9 Å². The molecule has 0 bridgehead atoms. The lowest BCUT2D eigenvalue weighted by molar-refractivity contribution is -0.269. The lowest BCUT2D eigenvalue weighted by atomic mass is 9.67. The van der Waals surface area contributed by atoms with Gasteiger partial charge in [-0.15, -0.1) is 0 Å². The molecule has 37 heteroatoms. The second-order valence-electron chi connectivity index (χ2n) is 34.3. The monoisotopic (exact) mass is 1470 g/mol. The summed E-state index contributed by atoms with van der Waals surface area (Å²) in [6, 6.07) is 3.58. The molecule has 9 aliphatic rings. The van der Waals surface area contributed by atoms with Crippen molar-refractivity contribution in [3.63, 3.8) is 0 Å². The first-order valence-corrected chi connectivity index (χ1v) is 36.3. The minimum Gasteiger partial charge on any atom is -0.530 e. The molecule has 2 aromatic rings. The first-order chi connectivity index (χ1) is 47.4. The number of ether oxygens (including phenoxy) is 3. The number of H-pyrrole nitrogens is 2. The first-order valence-electron chi connectivity index (χ1n) is 36.3. The summed E-state index contributed by atoms with van der Waals surface area (Å²) in [4.78, 5) is 23.3. The topological polar surface area (TPSA) is 373 Å². The number of carboxylic acid groups (broad SMARTS) is 1. The SMILES string of the molecule is CC(C)(C)OC(=O)NCCB1OC(C)(C)C(C)(C)O1.CC1(C)OB(C2=CCOCC2)OC1(C)C.CC1(C)OB(C2CN(C(=O)[O-])C2)OC1(C)C.CC1(C)OB(CCC#N)OC1(C)C.CC1(C)OB(c2cn[nH]c2)OC1(C)C.COCCB1OC(C)(C)C(C)(C)O1.OB(O)C1CC1.OB(O)c1ccn[nH]1. The molecular weight excluding hydrogens is 1340 g/mol. The van der Waals surface area contributed by atoms with Gasteiger partial charge in [0.05, 0.1) is 92.1 Å². The summed E-state index contributed by atoms with van der Waals surface area (Å²) in [5.74, 6) is 0.337. The van der Waals surface area contributed by atoms with E-state index in [1.54, 1.807) is 19.5 Å².